The summed E-state index contributed by atoms with van der Waals surface area (Å²) in [6.07, 6.45) is 8.04. The molecule has 1 aromatic carbocycles. The number of Topliss-reactive ketones (excluding diaryl/α,β-unsaturated/α-hetero) is 1. The number of halogens is 1. The fourth-order valence-corrected chi connectivity index (χ4v) is 6.84. The van der Waals surface area contributed by atoms with Gasteiger partial charge in [-0.1, -0.05) is 37.6 Å². The molecule has 0 unspecified atom stereocenters. The minimum Gasteiger partial charge on any atom is -0.495 e. The van der Waals surface area contributed by atoms with Crippen LogP contribution in [0, 0.1) is 6.92 Å². The molecule has 0 bridgehead atoms. The molecule has 9 nitrogen and oxygen atoms in total. The molecule has 0 spiro atoms. The number of aryl methyl sites for hydroxylation is 3. The lowest BCUT2D eigenvalue weighted by atomic mass is 9.99. The molecule has 44 heavy (non-hydrogen) atoms. The van der Waals surface area contributed by atoms with Crippen LogP contribution in [0.2, 0.25) is 0 Å². The summed E-state index contributed by atoms with van der Waals surface area (Å²) in [5.74, 6) is -0.555. The SMILES string of the molecule is CCCCc1cccc(CCCN(Cc2nc(C(=O)CS(=O)(=O)N(C)C)c(C)s2)C(=O)C2(c3ccc(OC)cn3)CC2)c1.Cl. The molecular weight excluding hydrogens is 620 g/mol. The Labute approximate surface area is 271 Å². The summed E-state index contributed by atoms with van der Waals surface area (Å²) >= 11 is 1.33. The number of amides is 1. The predicted molar refractivity (Wildman–Crippen MR) is 176 cm³/mol. The largest absolute Gasteiger partial charge is 0.495 e. The van der Waals surface area contributed by atoms with Crippen LogP contribution in [0.15, 0.2) is 42.6 Å². The van der Waals surface area contributed by atoms with Crippen LogP contribution in [-0.2, 0) is 39.6 Å². The molecule has 2 aromatic heterocycles. The lowest BCUT2D eigenvalue weighted by molar-refractivity contribution is -0.134. The van der Waals surface area contributed by atoms with E-state index in [1.54, 1.807) is 20.2 Å². The fourth-order valence-electron chi connectivity index (χ4n) is 5.14. The summed E-state index contributed by atoms with van der Waals surface area (Å²) in [5.41, 5.74) is 2.78. The van der Waals surface area contributed by atoms with E-state index in [1.165, 1.54) is 36.6 Å². The van der Waals surface area contributed by atoms with E-state index in [2.05, 4.69) is 41.2 Å². The second-order valence-electron chi connectivity index (χ2n) is 11.4. The third kappa shape index (κ3) is 8.65. The number of nitrogens with zero attached hydrogens (tertiary/aromatic N) is 4. The van der Waals surface area contributed by atoms with E-state index in [-0.39, 0.29) is 30.6 Å². The number of rotatable bonds is 16. The molecule has 0 radical (unpaired) electrons. The van der Waals surface area contributed by atoms with Crippen molar-refractivity contribution < 1.29 is 22.7 Å². The Bertz CT molecular complexity index is 1540. The van der Waals surface area contributed by atoms with Crippen molar-refractivity contribution in [1.29, 1.82) is 0 Å². The van der Waals surface area contributed by atoms with Gasteiger partial charge >= 0.3 is 0 Å². The highest BCUT2D eigenvalue weighted by Gasteiger charge is 2.54. The van der Waals surface area contributed by atoms with Crippen LogP contribution in [0.1, 0.15) is 76.2 Å². The van der Waals surface area contributed by atoms with Gasteiger partial charge in [-0.15, -0.1) is 23.7 Å². The van der Waals surface area contributed by atoms with E-state index in [9.17, 15) is 18.0 Å². The first-order valence-corrected chi connectivity index (χ1v) is 17.2. The lowest BCUT2D eigenvalue weighted by Crippen LogP contribution is -2.40. The average molecular weight is 663 g/mol. The molecule has 1 aliphatic carbocycles. The number of sulfonamides is 1. The first-order valence-electron chi connectivity index (χ1n) is 14.8. The molecule has 240 valence electrons. The second-order valence-corrected chi connectivity index (χ2v) is 14.9. The van der Waals surface area contributed by atoms with Gasteiger partial charge in [0.15, 0.2) is 5.78 Å². The third-order valence-corrected chi connectivity index (χ3v) is 10.6. The summed E-state index contributed by atoms with van der Waals surface area (Å²) in [5, 5.41) is 0.608. The van der Waals surface area contributed by atoms with Crippen LogP contribution in [-0.4, -0.2) is 72.8 Å². The van der Waals surface area contributed by atoms with Gasteiger partial charge in [0.25, 0.3) is 0 Å². The van der Waals surface area contributed by atoms with Crippen molar-refractivity contribution in [1.82, 2.24) is 19.2 Å². The Morgan fingerprint density at radius 1 is 1.07 bits per heavy atom. The topological polar surface area (TPSA) is 110 Å². The van der Waals surface area contributed by atoms with Gasteiger partial charge in [0, 0.05) is 25.5 Å². The molecule has 1 fully saturated rings. The van der Waals surface area contributed by atoms with E-state index in [0.29, 0.717) is 35.0 Å². The van der Waals surface area contributed by atoms with Crippen LogP contribution >= 0.6 is 23.7 Å². The zero-order chi connectivity index (χ0) is 31.2. The maximum atomic E-state index is 14.2. The summed E-state index contributed by atoms with van der Waals surface area (Å²) < 4.78 is 30.9. The number of carbonyl (C=O) groups excluding carboxylic acids is 2. The number of methoxy groups -OCH3 is 1. The van der Waals surface area contributed by atoms with E-state index < -0.39 is 27.0 Å². The summed E-state index contributed by atoms with van der Waals surface area (Å²) in [7, 11) is 0.671. The number of unbranched alkanes of at least 4 members (excludes halogenated alkanes) is 1. The number of hydrogen-bond donors (Lipinski definition) is 0. The Morgan fingerprint density at radius 3 is 2.32 bits per heavy atom. The first-order chi connectivity index (χ1) is 20.5. The molecule has 0 aliphatic heterocycles. The zero-order valence-electron chi connectivity index (χ0n) is 26.2. The number of pyridine rings is 1. The Kier molecular flexibility index (Phi) is 12.5. The van der Waals surface area contributed by atoms with Crippen LogP contribution in [0.3, 0.4) is 0 Å². The lowest BCUT2D eigenvalue weighted by Gasteiger charge is -2.27. The standard InChI is InChI=1S/C32H42N4O5S2.ClH/c1-6-7-10-24-11-8-12-25(19-24)13-9-18-36(31(38)32(16-17-32)28-15-14-26(41-5)20-33-28)21-29-34-30(23(2)42-29)27(37)22-43(39,40)35(3)4;/h8,11-12,14-15,19-20H,6-7,9-10,13,16-18,21-22H2,1-5H3;1H. The number of thiazole rings is 1. The summed E-state index contributed by atoms with van der Waals surface area (Å²) in [6.45, 7) is 4.72. The van der Waals surface area contributed by atoms with Gasteiger partial charge in [-0.05, 0) is 68.7 Å². The maximum absolute atomic E-state index is 14.2. The van der Waals surface area contributed by atoms with Gasteiger partial charge < -0.3 is 9.64 Å². The van der Waals surface area contributed by atoms with Crippen LogP contribution < -0.4 is 4.74 Å². The number of benzene rings is 1. The maximum Gasteiger partial charge on any atom is 0.235 e. The number of aromatic nitrogens is 2. The highest BCUT2D eigenvalue weighted by atomic mass is 35.5. The molecule has 0 atom stereocenters. The molecule has 1 saturated carbocycles. The van der Waals surface area contributed by atoms with Crippen molar-refractivity contribution in [3.8, 4) is 5.75 Å². The van der Waals surface area contributed by atoms with E-state index in [1.807, 2.05) is 17.0 Å². The predicted octanol–water partition coefficient (Wildman–Crippen LogP) is 5.39. The molecular formula is C32H43ClN4O5S2. The third-order valence-electron chi connectivity index (χ3n) is 7.91. The molecule has 4 rings (SSSR count). The Hall–Kier alpha value is -2.86. The van der Waals surface area contributed by atoms with Gasteiger partial charge in [0.05, 0.1) is 31.0 Å². The van der Waals surface area contributed by atoms with Crippen molar-refractivity contribution in [3.63, 3.8) is 0 Å². The average Bonchev–Trinajstić information content (AvgIpc) is 3.71. The zero-order valence-corrected chi connectivity index (χ0v) is 28.6. The van der Waals surface area contributed by atoms with Crippen LogP contribution in [0.5, 0.6) is 5.75 Å². The molecule has 0 saturated heterocycles. The molecule has 3 aromatic rings. The normalized spacial score (nSPS) is 13.8. The summed E-state index contributed by atoms with van der Waals surface area (Å²) in [4.78, 5) is 38.6. The number of carbonyl (C=O) groups is 2. The van der Waals surface area contributed by atoms with Crippen molar-refractivity contribution in [2.75, 3.05) is 33.5 Å². The number of ether oxygens (including phenoxy) is 1. The van der Waals surface area contributed by atoms with Crippen molar-refractivity contribution >= 4 is 45.5 Å². The Morgan fingerprint density at radius 2 is 1.75 bits per heavy atom. The minimum absolute atomic E-state index is 0. The minimum atomic E-state index is -3.72. The van der Waals surface area contributed by atoms with E-state index >= 15 is 0 Å². The number of ketones is 1. The smallest absolute Gasteiger partial charge is 0.235 e. The Balaban J connectivity index is 0.00000529. The van der Waals surface area contributed by atoms with Crippen molar-refractivity contribution in [2.24, 2.45) is 0 Å². The van der Waals surface area contributed by atoms with Gasteiger partial charge in [0.2, 0.25) is 15.9 Å². The van der Waals surface area contributed by atoms with Crippen molar-refractivity contribution in [2.45, 2.75) is 70.8 Å². The monoisotopic (exact) mass is 662 g/mol. The number of hydrogen-bond acceptors (Lipinski definition) is 8. The van der Waals surface area contributed by atoms with Gasteiger partial charge in [-0.25, -0.2) is 17.7 Å². The van der Waals surface area contributed by atoms with Gasteiger partial charge in [-0.2, -0.15) is 0 Å². The molecule has 2 heterocycles. The second kappa shape index (κ2) is 15.4. The quantitative estimate of drug-likeness (QED) is 0.189. The molecule has 12 heteroatoms. The van der Waals surface area contributed by atoms with Crippen molar-refractivity contribution in [3.05, 3.63) is 75.0 Å². The van der Waals surface area contributed by atoms with Crippen LogP contribution in [0.4, 0.5) is 0 Å². The first kappa shape index (κ1) is 35.6. The van der Waals surface area contributed by atoms with Gasteiger partial charge in [0.1, 0.15) is 22.2 Å². The molecule has 1 aliphatic rings. The van der Waals surface area contributed by atoms with Gasteiger partial charge in [-0.3, -0.25) is 14.6 Å². The molecule has 0 N–H and O–H groups in total. The molecule has 1 amide bonds. The van der Waals surface area contributed by atoms with Crippen LogP contribution in [0.25, 0.3) is 0 Å². The highest BCUT2D eigenvalue weighted by molar-refractivity contribution is 7.89. The highest BCUT2D eigenvalue weighted by Crippen LogP contribution is 2.49. The fraction of sp³-hybridized carbons (Fsp3) is 0.500. The van der Waals surface area contributed by atoms with E-state index in [0.717, 1.165) is 42.1 Å². The summed E-state index contributed by atoms with van der Waals surface area (Å²) in [6, 6.07) is 12.4. The van der Waals surface area contributed by atoms with E-state index in [4.69, 9.17) is 4.74 Å².